The first-order valence-corrected chi connectivity index (χ1v) is 10.0. The number of carbonyl (C=O) groups is 2. The summed E-state index contributed by atoms with van der Waals surface area (Å²) in [4.78, 5) is 27.9. The molecule has 2 aliphatic rings. The van der Waals surface area contributed by atoms with Gasteiger partial charge in [0.25, 0.3) is 0 Å². The number of thiophene rings is 1. The first kappa shape index (κ1) is 17.3. The Bertz CT molecular complexity index is 625. The zero-order valence-electron chi connectivity index (χ0n) is 13.5. The highest BCUT2D eigenvalue weighted by Gasteiger charge is 2.34. The zero-order valence-corrected chi connectivity index (χ0v) is 15.2. The third kappa shape index (κ3) is 3.93. The van der Waals surface area contributed by atoms with Crippen LogP contribution in [0.5, 0.6) is 0 Å². The van der Waals surface area contributed by atoms with Crippen molar-refractivity contribution in [3.63, 3.8) is 0 Å². The third-order valence-electron chi connectivity index (χ3n) is 3.96. The van der Waals surface area contributed by atoms with E-state index in [1.165, 1.54) is 11.3 Å². The molecule has 0 aliphatic carbocycles. The van der Waals surface area contributed by atoms with Crippen LogP contribution in [0.25, 0.3) is 0 Å². The third-order valence-corrected chi connectivity index (χ3v) is 5.84. The molecule has 1 atom stereocenters. The molecule has 8 heteroatoms. The molecule has 1 aromatic heterocycles. The van der Waals surface area contributed by atoms with Crippen molar-refractivity contribution >= 4 is 35.1 Å². The van der Waals surface area contributed by atoms with Gasteiger partial charge in [-0.1, -0.05) is 6.07 Å². The second-order valence-corrected chi connectivity index (χ2v) is 7.75. The molecule has 2 amide bonds. The van der Waals surface area contributed by atoms with E-state index < -0.39 is 6.04 Å². The summed E-state index contributed by atoms with van der Waals surface area (Å²) in [6.07, 6.45) is 0. The van der Waals surface area contributed by atoms with E-state index in [9.17, 15) is 9.59 Å². The minimum Gasteiger partial charge on any atom is -0.463 e. The van der Waals surface area contributed by atoms with Crippen LogP contribution in [-0.2, 0) is 9.53 Å². The summed E-state index contributed by atoms with van der Waals surface area (Å²) in [6.45, 7) is 4.56. The summed E-state index contributed by atoms with van der Waals surface area (Å²) in [5.41, 5.74) is 1.17. The Labute approximate surface area is 149 Å². The number of amides is 2. The van der Waals surface area contributed by atoms with Crippen LogP contribution in [0.2, 0.25) is 0 Å². The van der Waals surface area contributed by atoms with Gasteiger partial charge in [0.1, 0.15) is 0 Å². The number of urea groups is 1. The number of hydrogen-bond donors (Lipinski definition) is 2. The molecule has 0 spiro atoms. The van der Waals surface area contributed by atoms with E-state index in [4.69, 9.17) is 4.74 Å². The summed E-state index contributed by atoms with van der Waals surface area (Å²) in [5, 5.41) is 7.62. The molecule has 130 valence electrons. The smallest absolute Gasteiger partial charge is 0.338 e. The number of hydrogen-bond acceptors (Lipinski definition) is 6. The molecule has 0 saturated carbocycles. The number of nitrogens with one attached hydrogen (secondary N) is 2. The van der Waals surface area contributed by atoms with Crippen molar-refractivity contribution in [2.75, 3.05) is 37.7 Å². The largest absolute Gasteiger partial charge is 0.463 e. The lowest BCUT2D eigenvalue weighted by atomic mass is 10.0. The molecule has 0 aromatic carbocycles. The Balaban J connectivity index is 1.93. The van der Waals surface area contributed by atoms with Crippen molar-refractivity contribution < 1.29 is 14.3 Å². The van der Waals surface area contributed by atoms with Gasteiger partial charge < -0.3 is 15.4 Å². The molecular weight excluding hydrogens is 346 g/mol. The van der Waals surface area contributed by atoms with Crippen molar-refractivity contribution in [2.24, 2.45) is 0 Å². The molecule has 6 nitrogen and oxygen atoms in total. The topological polar surface area (TPSA) is 70.7 Å². The van der Waals surface area contributed by atoms with Crippen LogP contribution in [0.15, 0.2) is 28.8 Å². The normalized spacial score (nSPS) is 22.0. The van der Waals surface area contributed by atoms with Gasteiger partial charge in [-0.3, -0.25) is 4.90 Å². The van der Waals surface area contributed by atoms with Gasteiger partial charge in [0.15, 0.2) is 0 Å². The van der Waals surface area contributed by atoms with E-state index >= 15 is 0 Å². The van der Waals surface area contributed by atoms with Crippen molar-refractivity contribution in [2.45, 2.75) is 13.0 Å². The summed E-state index contributed by atoms with van der Waals surface area (Å²) in [6, 6.07) is 3.11. The molecule has 2 aliphatic heterocycles. The SMILES string of the molecule is CCOC(=O)C1=C(CN2CCSCC2)NC(=O)N[C@H]1c1cccs1. The molecular formula is C16H21N3O3S2. The fraction of sp³-hybridized carbons (Fsp3) is 0.500. The van der Waals surface area contributed by atoms with E-state index in [-0.39, 0.29) is 12.0 Å². The predicted octanol–water partition coefficient (Wildman–Crippen LogP) is 1.97. The average Bonchev–Trinajstić information content (AvgIpc) is 3.10. The van der Waals surface area contributed by atoms with Crippen LogP contribution in [0.3, 0.4) is 0 Å². The standard InChI is InChI=1S/C16H21N3O3S2/c1-2-22-15(20)13-11(10-19-5-8-23-9-6-19)17-16(21)18-14(13)12-4-3-7-24-12/h3-4,7,14H,2,5-6,8-10H2,1H3,(H2,17,18,21)/t14-/m0/s1. The zero-order chi connectivity index (χ0) is 16.9. The minimum atomic E-state index is -0.452. The van der Waals surface area contributed by atoms with Crippen molar-refractivity contribution in [1.82, 2.24) is 15.5 Å². The molecule has 0 bridgehead atoms. The summed E-state index contributed by atoms with van der Waals surface area (Å²) < 4.78 is 5.26. The quantitative estimate of drug-likeness (QED) is 0.779. The molecule has 24 heavy (non-hydrogen) atoms. The Hall–Kier alpha value is -1.51. The minimum absolute atomic E-state index is 0.275. The van der Waals surface area contributed by atoms with Crippen LogP contribution in [-0.4, -0.2) is 54.6 Å². The van der Waals surface area contributed by atoms with Crippen molar-refractivity contribution in [1.29, 1.82) is 0 Å². The monoisotopic (exact) mass is 367 g/mol. The van der Waals surface area contributed by atoms with Crippen LogP contribution >= 0.6 is 23.1 Å². The molecule has 1 saturated heterocycles. The van der Waals surface area contributed by atoms with Crippen LogP contribution in [0.1, 0.15) is 17.8 Å². The van der Waals surface area contributed by atoms with Crippen molar-refractivity contribution in [3.8, 4) is 0 Å². The Morgan fingerprint density at radius 3 is 2.88 bits per heavy atom. The maximum absolute atomic E-state index is 12.6. The maximum atomic E-state index is 12.6. The fourth-order valence-corrected chi connectivity index (χ4v) is 4.61. The van der Waals surface area contributed by atoms with Gasteiger partial charge in [-0.15, -0.1) is 11.3 Å². The van der Waals surface area contributed by atoms with Crippen molar-refractivity contribution in [3.05, 3.63) is 33.7 Å². The highest BCUT2D eigenvalue weighted by Crippen LogP contribution is 2.31. The number of nitrogens with zero attached hydrogens (tertiary/aromatic N) is 1. The number of carbonyl (C=O) groups excluding carboxylic acids is 2. The molecule has 2 N–H and O–H groups in total. The van der Waals surface area contributed by atoms with Gasteiger partial charge in [-0.25, -0.2) is 9.59 Å². The Morgan fingerprint density at radius 2 is 2.21 bits per heavy atom. The van der Waals surface area contributed by atoms with Gasteiger partial charge >= 0.3 is 12.0 Å². The summed E-state index contributed by atoms with van der Waals surface area (Å²) in [7, 11) is 0. The highest BCUT2D eigenvalue weighted by atomic mass is 32.2. The second-order valence-electron chi connectivity index (χ2n) is 5.55. The highest BCUT2D eigenvalue weighted by molar-refractivity contribution is 7.99. The van der Waals surface area contributed by atoms with Crippen LogP contribution in [0.4, 0.5) is 4.79 Å². The molecule has 3 rings (SSSR count). The Kier molecular flexibility index (Phi) is 5.80. The van der Waals surface area contributed by atoms with Gasteiger partial charge in [0.2, 0.25) is 0 Å². The van der Waals surface area contributed by atoms with Gasteiger partial charge in [0, 0.05) is 41.7 Å². The van der Waals surface area contributed by atoms with E-state index in [0.717, 1.165) is 29.5 Å². The maximum Gasteiger partial charge on any atom is 0.338 e. The van der Waals surface area contributed by atoms with Gasteiger partial charge in [-0.05, 0) is 18.4 Å². The number of rotatable bonds is 5. The molecule has 1 fully saturated rings. The lowest BCUT2D eigenvalue weighted by Gasteiger charge is -2.32. The predicted molar refractivity (Wildman–Crippen MR) is 96.2 cm³/mol. The Morgan fingerprint density at radius 1 is 1.42 bits per heavy atom. The lowest BCUT2D eigenvalue weighted by molar-refractivity contribution is -0.139. The lowest BCUT2D eigenvalue weighted by Crippen LogP contribution is -2.49. The van der Waals surface area contributed by atoms with E-state index in [1.807, 2.05) is 29.3 Å². The van der Waals surface area contributed by atoms with Gasteiger partial charge in [0.05, 0.1) is 18.2 Å². The molecule has 3 heterocycles. The molecule has 0 unspecified atom stereocenters. The first-order valence-electron chi connectivity index (χ1n) is 8.00. The summed E-state index contributed by atoms with van der Waals surface area (Å²) in [5.74, 6) is 1.77. The summed E-state index contributed by atoms with van der Waals surface area (Å²) >= 11 is 3.45. The number of thioether (sulfide) groups is 1. The van der Waals surface area contributed by atoms with Crippen LogP contribution < -0.4 is 10.6 Å². The van der Waals surface area contributed by atoms with Crippen LogP contribution in [0, 0.1) is 0 Å². The fourth-order valence-electron chi connectivity index (χ4n) is 2.84. The van der Waals surface area contributed by atoms with Gasteiger partial charge in [-0.2, -0.15) is 11.8 Å². The second kappa shape index (κ2) is 8.04. The van der Waals surface area contributed by atoms with E-state index in [2.05, 4.69) is 15.5 Å². The number of esters is 1. The van der Waals surface area contributed by atoms with E-state index in [1.54, 1.807) is 6.92 Å². The van der Waals surface area contributed by atoms with E-state index in [0.29, 0.717) is 24.4 Å². The molecule has 1 aromatic rings. The first-order chi connectivity index (χ1) is 11.7. The average molecular weight is 367 g/mol. The number of ether oxygens (including phenoxy) is 1. The molecule has 0 radical (unpaired) electrons.